The second-order valence-corrected chi connectivity index (χ2v) is 5.28. The first-order chi connectivity index (χ1) is 8.67. The fourth-order valence-electron chi connectivity index (χ4n) is 2.86. The van der Waals surface area contributed by atoms with Crippen LogP contribution in [0, 0.1) is 6.92 Å². The van der Waals surface area contributed by atoms with Crippen LogP contribution in [0.4, 0.5) is 18.9 Å². The molecule has 1 aliphatic rings. The van der Waals surface area contributed by atoms with Crippen LogP contribution in [0.25, 0.3) is 0 Å². The molecule has 0 bridgehead atoms. The lowest BCUT2D eigenvalue weighted by Gasteiger charge is -2.25. The third-order valence-corrected chi connectivity index (χ3v) is 3.85. The highest BCUT2D eigenvalue weighted by Crippen LogP contribution is 2.46. The molecule has 1 aromatic carbocycles. The summed E-state index contributed by atoms with van der Waals surface area (Å²) in [6.07, 6.45) is -5.40. The van der Waals surface area contributed by atoms with Crippen molar-refractivity contribution in [3.8, 4) is 0 Å². The molecule has 19 heavy (non-hydrogen) atoms. The van der Waals surface area contributed by atoms with E-state index in [-0.39, 0.29) is 12.3 Å². The van der Waals surface area contributed by atoms with Gasteiger partial charge in [0.25, 0.3) is 0 Å². The number of halogens is 3. The number of carbonyl (C=O) groups is 1. The largest absolute Gasteiger partial charge is 0.389 e. The Morgan fingerprint density at radius 1 is 1.32 bits per heavy atom. The van der Waals surface area contributed by atoms with Crippen molar-refractivity contribution >= 4 is 11.6 Å². The summed E-state index contributed by atoms with van der Waals surface area (Å²) in [7, 11) is 1.61. The van der Waals surface area contributed by atoms with E-state index in [1.54, 1.807) is 20.0 Å². The normalized spacial score (nSPS) is 22.8. The van der Waals surface area contributed by atoms with E-state index in [2.05, 4.69) is 0 Å². The maximum atomic E-state index is 12.5. The summed E-state index contributed by atoms with van der Waals surface area (Å²) >= 11 is 0. The lowest BCUT2D eigenvalue weighted by Crippen LogP contribution is -2.37. The highest BCUT2D eigenvalue weighted by molar-refractivity contribution is 6.07. The summed E-state index contributed by atoms with van der Waals surface area (Å²) < 4.78 is 37.4. The van der Waals surface area contributed by atoms with Gasteiger partial charge in [0.1, 0.15) is 0 Å². The molecule has 0 saturated heterocycles. The van der Waals surface area contributed by atoms with E-state index in [1.165, 1.54) is 4.90 Å². The summed E-state index contributed by atoms with van der Waals surface area (Å²) in [6, 6.07) is 5.42. The van der Waals surface area contributed by atoms with E-state index in [9.17, 15) is 18.0 Å². The second-order valence-electron chi connectivity index (χ2n) is 5.28. The first-order valence-electron chi connectivity index (χ1n) is 6.12. The summed E-state index contributed by atoms with van der Waals surface area (Å²) in [5.41, 5.74) is 1.23. The summed E-state index contributed by atoms with van der Waals surface area (Å²) in [4.78, 5) is 13.8. The first-order valence-corrected chi connectivity index (χ1v) is 6.12. The minimum atomic E-state index is -4.24. The van der Waals surface area contributed by atoms with Crippen LogP contribution < -0.4 is 4.90 Å². The zero-order valence-corrected chi connectivity index (χ0v) is 11.1. The molecule has 2 nitrogen and oxygen atoms in total. The Hall–Kier alpha value is -1.52. The van der Waals surface area contributed by atoms with Crippen molar-refractivity contribution in [2.45, 2.75) is 38.3 Å². The lowest BCUT2D eigenvalue weighted by atomic mass is 9.77. The molecule has 2 rings (SSSR count). The number of hydrogen-bond donors (Lipinski definition) is 0. The molecule has 104 valence electrons. The SMILES string of the molecule is Cc1cccc2c1C(C)(CCC(F)(F)F)C(=O)N2C. The topological polar surface area (TPSA) is 20.3 Å². The predicted octanol–water partition coefficient (Wildman–Crippen LogP) is 3.57. The minimum Gasteiger partial charge on any atom is -0.314 e. The zero-order chi connectivity index (χ0) is 14.4. The Morgan fingerprint density at radius 2 is 1.95 bits per heavy atom. The third-order valence-electron chi connectivity index (χ3n) is 3.85. The zero-order valence-electron chi connectivity index (χ0n) is 11.1. The van der Waals surface area contributed by atoms with Crippen LogP contribution >= 0.6 is 0 Å². The Kier molecular flexibility index (Phi) is 3.11. The average Bonchev–Trinajstić information content (AvgIpc) is 2.50. The van der Waals surface area contributed by atoms with Crippen LogP contribution in [0.5, 0.6) is 0 Å². The summed E-state index contributed by atoms with van der Waals surface area (Å²) in [5.74, 6) is -0.263. The molecule has 5 heteroatoms. The van der Waals surface area contributed by atoms with E-state index in [1.807, 2.05) is 19.1 Å². The molecule has 1 amide bonds. The van der Waals surface area contributed by atoms with Gasteiger partial charge in [-0.1, -0.05) is 12.1 Å². The number of aryl methyl sites for hydroxylation is 1. The molecular weight excluding hydrogens is 255 g/mol. The van der Waals surface area contributed by atoms with Crippen LogP contribution in [0.15, 0.2) is 18.2 Å². The lowest BCUT2D eigenvalue weighted by molar-refractivity contribution is -0.141. The van der Waals surface area contributed by atoms with Gasteiger partial charge in [0.2, 0.25) is 5.91 Å². The number of nitrogens with zero attached hydrogens (tertiary/aromatic N) is 1. The molecule has 1 unspecified atom stereocenters. The van der Waals surface area contributed by atoms with E-state index < -0.39 is 18.0 Å². The van der Waals surface area contributed by atoms with E-state index in [0.717, 1.165) is 16.8 Å². The molecule has 0 saturated carbocycles. The Balaban J connectivity index is 2.44. The van der Waals surface area contributed by atoms with Crippen LogP contribution in [-0.4, -0.2) is 19.1 Å². The van der Waals surface area contributed by atoms with Crippen LogP contribution in [-0.2, 0) is 10.2 Å². The number of anilines is 1. The molecule has 1 heterocycles. The Labute approximate surface area is 110 Å². The fraction of sp³-hybridized carbons (Fsp3) is 0.500. The first kappa shape index (κ1) is 13.9. The van der Waals surface area contributed by atoms with Crippen molar-refractivity contribution in [1.29, 1.82) is 0 Å². The number of rotatable bonds is 2. The number of fused-ring (bicyclic) bond motifs is 1. The molecular formula is C14H16F3NO. The number of carbonyl (C=O) groups excluding carboxylic acids is 1. The van der Waals surface area contributed by atoms with E-state index in [4.69, 9.17) is 0 Å². The molecule has 0 aliphatic carbocycles. The quantitative estimate of drug-likeness (QED) is 0.805. The molecule has 0 fully saturated rings. The molecule has 0 spiro atoms. The van der Waals surface area contributed by atoms with Crippen molar-refractivity contribution in [1.82, 2.24) is 0 Å². The van der Waals surface area contributed by atoms with Gasteiger partial charge in [-0.3, -0.25) is 4.79 Å². The van der Waals surface area contributed by atoms with Gasteiger partial charge < -0.3 is 4.90 Å². The van der Waals surface area contributed by atoms with Crippen molar-refractivity contribution in [2.24, 2.45) is 0 Å². The van der Waals surface area contributed by atoms with Gasteiger partial charge >= 0.3 is 6.18 Å². The summed E-state index contributed by atoms with van der Waals surface area (Å²) in [5, 5.41) is 0. The maximum absolute atomic E-state index is 12.5. The van der Waals surface area contributed by atoms with E-state index >= 15 is 0 Å². The molecule has 0 aromatic heterocycles. The monoisotopic (exact) mass is 271 g/mol. The van der Waals surface area contributed by atoms with Gasteiger partial charge in [0, 0.05) is 19.2 Å². The van der Waals surface area contributed by atoms with E-state index in [0.29, 0.717) is 0 Å². The Bertz CT molecular complexity index is 524. The van der Waals surface area contributed by atoms with Gasteiger partial charge in [0.15, 0.2) is 0 Å². The molecule has 1 aliphatic heterocycles. The second kappa shape index (κ2) is 4.25. The fourth-order valence-corrected chi connectivity index (χ4v) is 2.86. The molecule has 1 atom stereocenters. The Morgan fingerprint density at radius 3 is 2.53 bits per heavy atom. The average molecular weight is 271 g/mol. The summed E-state index contributed by atoms with van der Waals surface area (Å²) in [6.45, 7) is 3.44. The van der Waals surface area contributed by atoms with Crippen molar-refractivity contribution in [3.63, 3.8) is 0 Å². The van der Waals surface area contributed by atoms with Crippen LogP contribution in [0.2, 0.25) is 0 Å². The standard InChI is InChI=1S/C14H16F3NO/c1-9-5-4-6-10-11(9)13(2,12(19)18(10)3)7-8-14(15,16)17/h4-6H,7-8H2,1-3H3. The third kappa shape index (κ3) is 2.22. The number of benzene rings is 1. The predicted molar refractivity (Wildman–Crippen MR) is 67.2 cm³/mol. The number of likely N-dealkylation sites (N-methyl/N-ethyl adjacent to an activating group) is 1. The highest BCUT2D eigenvalue weighted by Gasteiger charge is 2.48. The number of hydrogen-bond acceptors (Lipinski definition) is 1. The van der Waals surface area contributed by atoms with Crippen LogP contribution in [0.1, 0.15) is 30.9 Å². The number of amides is 1. The van der Waals surface area contributed by atoms with Crippen LogP contribution in [0.3, 0.4) is 0 Å². The van der Waals surface area contributed by atoms with Gasteiger partial charge in [-0.05, 0) is 37.5 Å². The molecule has 0 radical (unpaired) electrons. The minimum absolute atomic E-state index is 0.211. The smallest absolute Gasteiger partial charge is 0.314 e. The van der Waals surface area contributed by atoms with Gasteiger partial charge in [0.05, 0.1) is 5.41 Å². The van der Waals surface area contributed by atoms with Gasteiger partial charge in [-0.2, -0.15) is 13.2 Å². The number of alkyl halides is 3. The van der Waals surface area contributed by atoms with Gasteiger partial charge in [-0.25, -0.2) is 0 Å². The highest BCUT2D eigenvalue weighted by atomic mass is 19.4. The van der Waals surface area contributed by atoms with Gasteiger partial charge in [-0.15, -0.1) is 0 Å². The maximum Gasteiger partial charge on any atom is 0.389 e. The van der Waals surface area contributed by atoms with Crippen molar-refractivity contribution in [3.05, 3.63) is 29.3 Å². The van der Waals surface area contributed by atoms with Crippen molar-refractivity contribution in [2.75, 3.05) is 11.9 Å². The molecule has 1 aromatic rings. The van der Waals surface area contributed by atoms with Crippen molar-refractivity contribution < 1.29 is 18.0 Å². The molecule has 0 N–H and O–H groups in total.